The summed E-state index contributed by atoms with van der Waals surface area (Å²) in [7, 11) is -1.22. The van der Waals surface area contributed by atoms with Gasteiger partial charge in [0, 0.05) is 25.4 Å². The van der Waals surface area contributed by atoms with Gasteiger partial charge in [-0.05, 0) is 27.7 Å². The zero-order chi connectivity index (χ0) is 18.8. The molecule has 0 unspecified atom stereocenters. The molecule has 9 heteroatoms. The fraction of sp³-hybridized carbons (Fsp3) is 0.867. The molecular weight excluding hydrogens is 332 g/mol. The quantitative estimate of drug-likeness (QED) is 0.336. The highest BCUT2D eigenvalue weighted by molar-refractivity contribution is 7.90. The maximum atomic E-state index is 12.0. The van der Waals surface area contributed by atoms with Crippen molar-refractivity contribution < 1.29 is 17.9 Å². The van der Waals surface area contributed by atoms with Crippen molar-refractivity contribution in [2.24, 2.45) is 4.99 Å². The second-order valence-corrected chi connectivity index (χ2v) is 8.89. The molecule has 0 aromatic carbocycles. The molecule has 0 radical (unpaired) electrons. The number of sulfone groups is 1. The minimum atomic E-state index is -3.00. The van der Waals surface area contributed by atoms with Gasteiger partial charge in [0.05, 0.1) is 32.1 Å². The maximum absolute atomic E-state index is 12.0. The molecule has 0 aromatic rings. The third-order valence-corrected chi connectivity index (χ3v) is 3.60. The monoisotopic (exact) mass is 364 g/mol. The van der Waals surface area contributed by atoms with Gasteiger partial charge in [0.15, 0.2) is 5.96 Å². The number of amides is 1. The van der Waals surface area contributed by atoms with Crippen LogP contribution in [0.4, 0.5) is 0 Å². The Morgan fingerprint density at radius 3 is 2.38 bits per heavy atom. The summed E-state index contributed by atoms with van der Waals surface area (Å²) in [6.45, 7) is 9.48. The van der Waals surface area contributed by atoms with E-state index in [4.69, 9.17) is 4.74 Å². The van der Waals surface area contributed by atoms with E-state index in [1.807, 2.05) is 27.7 Å². The van der Waals surface area contributed by atoms with Gasteiger partial charge in [-0.15, -0.1) is 0 Å². The average Bonchev–Trinajstić information content (AvgIpc) is 2.37. The predicted molar refractivity (Wildman–Crippen MR) is 97.0 cm³/mol. The van der Waals surface area contributed by atoms with Gasteiger partial charge in [-0.3, -0.25) is 9.79 Å². The van der Waals surface area contributed by atoms with Gasteiger partial charge in [0.25, 0.3) is 0 Å². The third kappa shape index (κ3) is 13.1. The van der Waals surface area contributed by atoms with Crippen LogP contribution in [0.3, 0.4) is 0 Å². The summed E-state index contributed by atoms with van der Waals surface area (Å²) in [6, 6.07) is 0. The first-order valence-corrected chi connectivity index (χ1v) is 10.1. The minimum absolute atomic E-state index is 0.00363. The first-order valence-electron chi connectivity index (χ1n) is 8.00. The Morgan fingerprint density at radius 1 is 1.25 bits per heavy atom. The van der Waals surface area contributed by atoms with Gasteiger partial charge < -0.3 is 20.3 Å². The van der Waals surface area contributed by atoms with Crippen molar-refractivity contribution in [2.75, 3.05) is 51.9 Å². The summed E-state index contributed by atoms with van der Waals surface area (Å²) in [5.41, 5.74) is -0.277. The smallest absolute Gasteiger partial charge is 0.240 e. The standard InChI is InChI=1S/C15H32N4O4S/c1-7-16-14(17-8-9-23-10-11-24(6,21)22)19(5)12-13(20)18-15(2,3)4/h7-12H2,1-6H3,(H,16,17)(H,18,20). The van der Waals surface area contributed by atoms with Crippen molar-refractivity contribution >= 4 is 21.7 Å². The van der Waals surface area contributed by atoms with Gasteiger partial charge in [-0.1, -0.05) is 0 Å². The number of nitrogens with one attached hydrogen (secondary N) is 2. The number of ether oxygens (including phenoxy) is 1. The van der Waals surface area contributed by atoms with E-state index in [9.17, 15) is 13.2 Å². The molecule has 0 aliphatic heterocycles. The Bertz CT molecular complexity index is 512. The lowest BCUT2D eigenvalue weighted by Crippen LogP contribution is -2.48. The molecule has 0 spiro atoms. The summed E-state index contributed by atoms with van der Waals surface area (Å²) >= 11 is 0. The van der Waals surface area contributed by atoms with E-state index < -0.39 is 9.84 Å². The molecule has 2 N–H and O–H groups in total. The third-order valence-electron chi connectivity index (χ3n) is 2.69. The molecule has 0 fully saturated rings. The normalized spacial score (nSPS) is 12.8. The lowest BCUT2D eigenvalue weighted by atomic mass is 10.1. The van der Waals surface area contributed by atoms with Crippen LogP contribution in [0.25, 0.3) is 0 Å². The minimum Gasteiger partial charge on any atom is -0.378 e. The number of carbonyl (C=O) groups excluding carboxylic acids is 1. The van der Waals surface area contributed by atoms with Crippen LogP contribution in [-0.4, -0.2) is 82.6 Å². The lowest BCUT2D eigenvalue weighted by Gasteiger charge is -2.25. The second kappa shape index (κ2) is 10.5. The van der Waals surface area contributed by atoms with Crippen molar-refractivity contribution in [3.05, 3.63) is 0 Å². The Hall–Kier alpha value is -1.35. The molecule has 0 aliphatic carbocycles. The van der Waals surface area contributed by atoms with Crippen LogP contribution in [0.5, 0.6) is 0 Å². The molecular formula is C15H32N4O4S. The van der Waals surface area contributed by atoms with E-state index in [1.54, 1.807) is 11.9 Å². The van der Waals surface area contributed by atoms with Gasteiger partial charge in [0.1, 0.15) is 9.84 Å². The zero-order valence-corrected chi connectivity index (χ0v) is 16.5. The molecule has 0 bridgehead atoms. The molecule has 0 atom stereocenters. The van der Waals surface area contributed by atoms with Crippen LogP contribution < -0.4 is 10.6 Å². The molecule has 24 heavy (non-hydrogen) atoms. The second-order valence-electron chi connectivity index (χ2n) is 6.63. The molecule has 0 aliphatic rings. The Kier molecular flexibility index (Phi) is 9.91. The summed E-state index contributed by atoms with van der Waals surface area (Å²) in [6.07, 6.45) is 1.18. The number of guanidine groups is 1. The molecule has 0 aromatic heterocycles. The van der Waals surface area contributed by atoms with Crippen LogP contribution in [-0.2, 0) is 19.4 Å². The maximum Gasteiger partial charge on any atom is 0.240 e. The molecule has 0 heterocycles. The number of hydrogen-bond acceptors (Lipinski definition) is 5. The highest BCUT2D eigenvalue weighted by Crippen LogP contribution is 1.98. The van der Waals surface area contributed by atoms with E-state index in [0.717, 1.165) is 0 Å². The zero-order valence-electron chi connectivity index (χ0n) is 15.7. The fourth-order valence-electron chi connectivity index (χ4n) is 1.75. The molecule has 8 nitrogen and oxygen atoms in total. The highest BCUT2D eigenvalue weighted by atomic mass is 32.2. The first-order chi connectivity index (χ1) is 10.9. The van der Waals surface area contributed by atoms with E-state index >= 15 is 0 Å². The predicted octanol–water partition coefficient (Wildman–Crippen LogP) is -0.140. The largest absolute Gasteiger partial charge is 0.378 e. The molecule has 0 saturated heterocycles. The summed E-state index contributed by atoms with van der Waals surface area (Å²) in [5.74, 6) is 0.525. The average molecular weight is 365 g/mol. The molecule has 142 valence electrons. The summed E-state index contributed by atoms with van der Waals surface area (Å²) < 4.78 is 27.2. The SMILES string of the molecule is CCNC(=NCCOCCS(C)(=O)=O)N(C)CC(=O)NC(C)(C)C. The van der Waals surface area contributed by atoms with Gasteiger partial charge >= 0.3 is 0 Å². The number of aliphatic imine (C=N–C) groups is 1. The van der Waals surface area contributed by atoms with E-state index in [-0.39, 0.29) is 30.4 Å². The van der Waals surface area contributed by atoms with Crippen LogP contribution >= 0.6 is 0 Å². The van der Waals surface area contributed by atoms with Crippen molar-refractivity contribution in [2.45, 2.75) is 33.2 Å². The Labute approximate surface area is 146 Å². The van der Waals surface area contributed by atoms with E-state index in [2.05, 4.69) is 15.6 Å². The van der Waals surface area contributed by atoms with Crippen molar-refractivity contribution in [1.29, 1.82) is 0 Å². The van der Waals surface area contributed by atoms with Crippen molar-refractivity contribution in [3.63, 3.8) is 0 Å². The lowest BCUT2D eigenvalue weighted by molar-refractivity contribution is -0.122. The molecule has 0 rings (SSSR count). The van der Waals surface area contributed by atoms with Gasteiger partial charge in [0.2, 0.25) is 5.91 Å². The molecule has 1 amide bonds. The van der Waals surface area contributed by atoms with Gasteiger partial charge in [-0.25, -0.2) is 8.42 Å². The van der Waals surface area contributed by atoms with Crippen molar-refractivity contribution in [3.8, 4) is 0 Å². The number of carbonyl (C=O) groups is 1. The van der Waals surface area contributed by atoms with Crippen LogP contribution in [0.1, 0.15) is 27.7 Å². The Morgan fingerprint density at radius 2 is 1.88 bits per heavy atom. The Balaban J connectivity index is 4.37. The number of hydrogen-bond donors (Lipinski definition) is 2. The summed E-state index contributed by atoms with van der Waals surface area (Å²) in [5, 5.41) is 6.01. The topological polar surface area (TPSA) is 100 Å². The fourth-order valence-corrected chi connectivity index (χ4v) is 2.17. The van der Waals surface area contributed by atoms with Crippen LogP contribution in [0, 0.1) is 0 Å². The van der Waals surface area contributed by atoms with E-state index in [0.29, 0.717) is 25.7 Å². The number of rotatable bonds is 9. The van der Waals surface area contributed by atoms with Crippen molar-refractivity contribution in [1.82, 2.24) is 15.5 Å². The van der Waals surface area contributed by atoms with E-state index in [1.165, 1.54) is 6.26 Å². The van der Waals surface area contributed by atoms with Gasteiger partial charge in [-0.2, -0.15) is 0 Å². The highest BCUT2D eigenvalue weighted by Gasteiger charge is 2.16. The summed E-state index contributed by atoms with van der Waals surface area (Å²) in [4.78, 5) is 18.1. The van der Waals surface area contributed by atoms with Crippen LogP contribution in [0.15, 0.2) is 4.99 Å². The number of likely N-dealkylation sites (N-methyl/N-ethyl adjacent to an activating group) is 1. The first kappa shape index (κ1) is 22.6. The number of nitrogens with zero attached hydrogens (tertiary/aromatic N) is 2. The molecule has 0 saturated carbocycles. The van der Waals surface area contributed by atoms with Crippen LogP contribution in [0.2, 0.25) is 0 Å².